The Bertz CT molecular complexity index is 738. The number of piperidine rings is 1. The largest absolute Gasteiger partial charge is 0.320 e. The van der Waals surface area contributed by atoms with E-state index in [0.717, 1.165) is 50.9 Å². The summed E-state index contributed by atoms with van der Waals surface area (Å²) < 4.78 is 27.4. The summed E-state index contributed by atoms with van der Waals surface area (Å²) in [6.07, 6.45) is 4.31. The molecule has 2 aromatic rings. The highest BCUT2D eigenvalue weighted by atomic mass is 19.1. The van der Waals surface area contributed by atoms with Gasteiger partial charge in [-0.25, -0.2) is 8.78 Å². The fourth-order valence-corrected chi connectivity index (χ4v) is 3.66. The van der Waals surface area contributed by atoms with Crippen LogP contribution in [0.3, 0.4) is 0 Å². The van der Waals surface area contributed by atoms with E-state index in [0.29, 0.717) is 5.92 Å². The first kappa shape index (κ1) is 19.5. The maximum Gasteiger partial charge on any atom is 0.241 e. The normalized spacial score (nSPS) is 16.9. The van der Waals surface area contributed by atoms with E-state index in [-0.39, 0.29) is 11.6 Å². The molecule has 144 valence electrons. The Hall–Kier alpha value is -2.27. The van der Waals surface area contributed by atoms with Gasteiger partial charge in [-0.2, -0.15) is 0 Å². The zero-order chi connectivity index (χ0) is 19.2. The standard InChI is InChI=1S/C22H26F2N2O/c1-16(22(27)25-21-19(23)8-5-9-20(21)24)26-14-12-18(13-15-26)11-10-17-6-3-2-4-7-17/h2-9,16,18H,10-15H2,1H3,(H,25,27)/t16-/m1/s1. The quantitative estimate of drug-likeness (QED) is 0.801. The van der Waals surface area contributed by atoms with Crippen molar-refractivity contribution >= 4 is 11.6 Å². The van der Waals surface area contributed by atoms with Gasteiger partial charge in [-0.1, -0.05) is 36.4 Å². The van der Waals surface area contributed by atoms with Crippen LogP contribution in [-0.2, 0) is 11.2 Å². The third kappa shape index (κ3) is 5.13. The first-order valence-electron chi connectivity index (χ1n) is 9.57. The van der Waals surface area contributed by atoms with Crippen LogP contribution in [0.4, 0.5) is 14.5 Å². The molecule has 2 aromatic carbocycles. The van der Waals surface area contributed by atoms with Crippen LogP contribution < -0.4 is 5.32 Å². The number of nitrogens with zero attached hydrogens (tertiary/aromatic N) is 1. The number of rotatable bonds is 6. The Labute approximate surface area is 159 Å². The van der Waals surface area contributed by atoms with Gasteiger partial charge < -0.3 is 5.32 Å². The summed E-state index contributed by atoms with van der Waals surface area (Å²) in [5.74, 6) is -1.23. The van der Waals surface area contributed by atoms with Crippen LogP contribution in [-0.4, -0.2) is 29.9 Å². The summed E-state index contributed by atoms with van der Waals surface area (Å²) >= 11 is 0. The molecule has 0 aliphatic carbocycles. The molecule has 1 atom stereocenters. The first-order chi connectivity index (χ1) is 13.0. The molecule has 0 saturated carbocycles. The predicted molar refractivity (Wildman–Crippen MR) is 104 cm³/mol. The highest BCUT2D eigenvalue weighted by molar-refractivity contribution is 5.94. The molecule has 3 rings (SSSR count). The van der Waals surface area contributed by atoms with Crippen LogP contribution in [0.25, 0.3) is 0 Å². The molecule has 27 heavy (non-hydrogen) atoms. The van der Waals surface area contributed by atoms with E-state index < -0.39 is 17.7 Å². The highest BCUT2D eigenvalue weighted by Crippen LogP contribution is 2.24. The average molecular weight is 372 g/mol. The third-order valence-corrected chi connectivity index (χ3v) is 5.47. The number of likely N-dealkylation sites (tertiary alicyclic amines) is 1. The average Bonchev–Trinajstić information content (AvgIpc) is 2.70. The zero-order valence-electron chi connectivity index (χ0n) is 15.6. The Morgan fingerprint density at radius 2 is 1.70 bits per heavy atom. The zero-order valence-corrected chi connectivity index (χ0v) is 15.6. The van der Waals surface area contributed by atoms with E-state index in [1.807, 2.05) is 6.07 Å². The number of anilines is 1. The number of carbonyl (C=O) groups is 1. The summed E-state index contributed by atoms with van der Waals surface area (Å²) in [6.45, 7) is 3.44. The molecule has 0 spiro atoms. The molecule has 0 unspecified atom stereocenters. The molecule has 0 bridgehead atoms. The molecule has 3 nitrogen and oxygen atoms in total. The number of benzene rings is 2. The van der Waals surface area contributed by atoms with E-state index in [2.05, 4.69) is 34.5 Å². The summed E-state index contributed by atoms with van der Waals surface area (Å²) in [7, 11) is 0. The number of hydrogen-bond acceptors (Lipinski definition) is 2. The van der Waals surface area contributed by atoms with Gasteiger partial charge in [0.2, 0.25) is 5.91 Å². The van der Waals surface area contributed by atoms with Crippen LogP contribution in [0.5, 0.6) is 0 Å². The third-order valence-electron chi connectivity index (χ3n) is 5.47. The number of hydrogen-bond donors (Lipinski definition) is 1. The van der Waals surface area contributed by atoms with Crippen molar-refractivity contribution in [3.63, 3.8) is 0 Å². The lowest BCUT2D eigenvalue weighted by atomic mass is 9.90. The second-order valence-electron chi connectivity index (χ2n) is 7.27. The van der Waals surface area contributed by atoms with Gasteiger partial charge in [0, 0.05) is 0 Å². The van der Waals surface area contributed by atoms with Gasteiger partial charge in [0.15, 0.2) is 0 Å². The van der Waals surface area contributed by atoms with Crippen LogP contribution in [0.1, 0.15) is 31.7 Å². The Kier molecular flexibility index (Phi) is 6.56. The van der Waals surface area contributed by atoms with Gasteiger partial charge in [-0.15, -0.1) is 0 Å². The highest BCUT2D eigenvalue weighted by Gasteiger charge is 2.27. The van der Waals surface area contributed by atoms with Crippen molar-refractivity contribution < 1.29 is 13.6 Å². The number of amides is 1. The predicted octanol–water partition coefficient (Wildman–Crippen LogP) is 4.64. The van der Waals surface area contributed by atoms with Crippen LogP contribution in [0.15, 0.2) is 48.5 Å². The summed E-state index contributed by atoms with van der Waals surface area (Å²) in [6, 6.07) is 13.6. The molecule has 1 aliphatic rings. The molecule has 1 heterocycles. The van der Waals surface area contributed by atoms with Crippen molar-refractivity contribution in [3.8, 4) is 0 Å². The second-order valence-corrected chi connectivity index (χ2v) is 7.27. The molecule has 0 radical (unpaired) electrons. The number of halogens is 2. The van der Waals surface area contributed by atoms with Gasteiger partial charge >= 0.3 is 0 Å². The fourth-order valence-electron chi connectivity index (χ4n) is 3.66. The molecule has 5 heteroatoms. The van der Waals surface area contributed by atoms with E-state index in [9.17, 15) is 13.6 Å². The van der Waals surface area contributed by atoms with E-state index in [4.69, 9.17) is 0 Å². The molecular formula is C22H26F2N2O. The van der Waals surface area contributed by atoms with Gasteiger partial charge in [-0.05, 0) is 69.3 Å². The molecule has 1 fully saturated rings. The Balaban J connectivity index is 1.48. The Morgan fingerprint density at radius 3 is 2.33 bits per heavy atom. The van der Waals surface area contributed by atoms with Crippen molar-refractivity contribution in [1.82, 2.24) is 4.90 Å². The van der Waals surface area contributed by atoms with Gasteiger partial charge in [0.25, 0.3) is 0 Å². The smallest absolute Gasteiger partial charge is 0.241 e. The van der Waals surface area contributed by atoms with Gasteiger partial charge in [0.05, 0.1) is 6.04 Å². The topological polar surface area (TPSA) is 32.3 Å². The fraction of sp³-hybridized carbons (Fsp3) is 0.409. The maximum absolute atomic E-state index is 13.7. The van der Waals surface area contributed by atoms with Crippen LogP contribution >= 0.6 is 0 Å². The van der Waals surface area contributed by atoms with Crippen molar-refractivity contribution in [3.05, 3.63) is 65.7 Å². The minimum absolute atomic E-state index is 0.368. The van der Waals surface area contributed by atoms with Crippen LogP contribution in [0.2, 0.25) is 0 Å². The molecule has 0 aromatic heterocycles. The molecule has 1 aliphatic heterocycles. The van der Waals surface area contributed by atoms with Crippen LogP contribution in [0, 0.1) is 17.6 Å². The lowest BCUT2D eigenvalue weighted by Gasteiger charge is -2.35. The Morgan fingerprint density at radius 1 is 1.07 bits per heavy atom. The van der Waals surface area contributed by atoms with E-state index in [1.165, 1.54) is 11.6 Å². The number of aryl methyl sites for hydroxylation is 1. The number of nitrogens with one attached hydrogen (secondary N) is 1. The van der Waals surface area contributed by atoms with Crippen molar-refractivity contribution in [2.75, 3.05) is 18.4 Å². The minimum Gasteiger partial charge on any atom is -0.320 e. The van der Waals surface area contributed by atoms with Gasteiger partial charge in [-0.3, -0.25) is 9.69 Å². The SMILES string of the molecule is C[C@H](C(=O)Nc1c(F)cccc1F)N1CCC(CCc2ccccc2)CC1. The summed E-state index contributed by atoms with van der Waals surface area (Å²) in [5, 5.41) is 2.40. The first-order valence-corrected chi connectivity index (χ1v) is 9.57. The molecule has 1 N–H and O–H groups in total. The van der Waals surface area contributed by atoms with Crippen molar-refractivity contribution in [2.24, 2.45) is 5.92 Å². The summed E-state index contributed by atoms with van der Waals surface area (Å²) in [5.41, 5.74) is 0.992. The van der Waals surface area contributed by atoms with Crippen molar-refractivity contribution in [2.45, 2.75) is 38.6 Å². The van der Waals surface area contributed by atoms with E-state index in [1.54, 1.807) is 6.92 Å². The lowest BCUT2D eigenvalue weighted by molar-refractivity contribution is -0.121. The van der Waals surface area contributed by atoms with Crippen molar-refractivity contribution in [1.29, 1.82) is 0 Å². The molecule has 1 amide bonds. The van der Waals surface area contributed by atoms with E-state index >= 15 is 0 Å². The molecule has 1 saturated heterocycles. The maximum atomic E-state index is 13.7. The number of carbonyl (C=O) groups excluding carboxylic acids is 1. The lowest BCUT2D eigenvalue weighted by Crippen LogP contribution is -2.46. The van der Waals surface area contributed by atoms with Gasteiger partial charge in [0.1, 0.15) is 17.3 Å². The monoisotopic (exact) mass is 372 g/mol. The minimum atomic E-state index is -0.754. The number of para-hydroxylation sites is 1. The second kappa shape index (κ2) is 9.09. The summed E-state index contributed by atoms with van der Waals surface area (Å²) in [4.78, 5) is 14.5. The molecular weight excluding hydrogens is 346 g/mol.